The standard InChI is InChI=1S/CH4.Fe.Mg.Mo.Ti.Zn.Zr.2H/h1H4;;;;;;;;. The van der Waals surface area contributed by atoms with Crippen LogP contribution in [0.3, 0.4) is 0 Å². The molecule has 0 aliphatic heterocycles. The van der Waals surface area contributed by atoms with Crippen molar-refractivity contribution in [1.82, 2.24) is 0 Å². The van der Waals surface area contributed by atoms with E-state index in [2.05, 4.69) is 0 Å². The average molecular weight is 399 g/mol. The zero-order valence-corrected chi connectivity index (χ0v) is 12.6. The summed E-state index contributed by atoms with van der Waals surface area (Å²) in [5.74, 6) is 0. The SMILES string of the molecule is C.[Fe].[MgH2].[Mo].[Ti].[Zn].[Zr]. The maximum Gasteiger partial charge on any atom is 0.316 e. The Morgan fingerprint density at radius 1 is 1.00 bits per heavy atom. The Kier molecular flexibility index (Phi) is 463. The van der Waals surface area contributed by atoms with Crippen molar-refractivity contribution in [2.45, 2.75) is 7.43 Å². The fourth-order valence-electron chi connectivity index (χ4n) is 0. The first-order valence-electron chi connectivity index (χ1n) is 0. The zero-order valence-electron chi connectivity index (χ0n) is 2.47. The van der Waals surface area contributed by atoms with Crippen molar-refractivity contribution in [3.05, 3.63) is 0 Å². The predicted molar refractivity (Wildman–Crippen MR) is 15.3 cm³/mol. The van der Waals surface area contributed by atoms with Crippen molar-refractivity contribution in [2.24, 2.45) is 0 Å². The quantitative estimate of drug-likeness (QED) is 0.492. The average Bonchev–Trinajstić information content (AvgIpc) is 0. The molecule has 0 aromatic rings. The summed E-state index contributed by atoms with van der Waals surface area (Å²) >= 11 is 0. The van der Waals surface area contributed by atoms with E-state index in [1.54, 1.807) is 0 Å². The summed E-state index contributed by atoms with van der Waals surface area (Å²) in [5.41, 5.74) is 0. The maximum absolute atomic E-state index is 0. The van der Waals surface area contributed by atoms with E-state index in [1.165, 1.54) is 0 Å². The third-order valence-electron chi connectivity index (χ3n) is 0. The third-order valence-corrected chi connectivity index (χ3v) is 0. The Morgan fingerprint density at radius 3 is 1.00 bits per heavy atom. The summed E-state index contributed by atoms with van der Waals surface area (Å²) in [5, 5.41) is 0. The number of hydrogen-bond acceptors (Lipinski definition) is 0. The molecule has 0 amide bonds. The van der Waals surface area contributed by atoms with Crippen LogP contribution in [0.2, 0.25) is 0 Å². The van der Waals surface area contributed by atoms with E-state index in [1.807, 2.05) is 0 Å². The maximum atomic E-state index is 0. The van der Waals surface area contributed by atoms with Crippen LogP contribution >= 0.6 is 0 Å². The molecule has 0 unspecified atom stereocenters. The molecule has 0 nitrogen and oxygen atoms in total. The van der Waals surface area contributed by atoms with Gasteiger partial charge in [-0.1, -0.05) is 7.43 Å². The molecule has 0 fully saturated rings. The van der Waals surface area contributed by atoms with E-state index in [9.17, 15) is 0 Å². The van der Waals surface area contributed by atoms with Crippen molar-refractivity contribution in [3.63, 3.8) is 0 Å². The van der Waals surface area contributed by atoms with Gasteiger partial charge in [0.05, 0.1) is 0 Å². The Morgan fingerprint density at radius 2 is 1.00 bits per heavy atom. The molecular weight excluding hydrogens is 393 g/mol. The zero-order chi connectivity index (χ0) is 0. The third kappa shape index (κ3) is 38.9. The number of hydrogen-bond donors (Lipinski definition) is 0. The normalized spacial score (nSPS) is 0. The van der Waals surface area contributed by atoms with Gasteiger partial charge < -0.3 is 0 Å². The van der Waals surface area contributed by atoms with Gasteiger partial charge in [0, 0.05) is 106 Å². The largest absolute Gasteiger partial charge is 0.316 e. The molecule has 0 saturated carbocycles. The van der Waals surface area contributed by atoms with E-state index in [-0.39, 0.29) is 136 Å². The summed E-state index contributed by atoms with van der Waals surface area (Å²) in [6.07, 6.45) is 0. The molecule has 6 heteroatoms. The van der Waals surface area contributed by atoms with Crippen LogP contribution in [-0.4, -0.2) is 23.1 Å². The molecule has 0 N–H and O–H groups in total. The van der Waals surface area contributed by atoms with Crippen molar-refractivity contribution in [2.75, 3.05) is 0 Å². The van der Waals surface area contributed by atoms with E-state index < -0.39 is 0 Å². The fourth-order valence-corrected chi connectivity index (χ4v) is 0. The molecule has 0 aliphatic carbocycles. The molecule has 0 radical (unpaired) electrons. The Hall–Kier alpha value is 4.19. The van der Waals surface area contributed by atoms with Gasteiger partial charge in [0.25, 0.3) is 0 Å². The van der Waals surface area contributed by atoms with Crippen LogP contribution in [0, 0.1) is 0 Å². The molecule has 0 aromatic heterocycles. The molecule has 0 atom stereocenters. The number of rotatable bonds is 0. The second-order valence-corrected chi connectivity index (χ2v) is 0. The fraction of sp³-hybridized carbons (Fsp3) is 1.00. The molecule has 0 aromatic carbocycles. The van der Waals surface area contributed by atoms with Crippen LogP contribution in [0.25, 0.3) is 0 Å². The molecular formula is CH6FeMgMoTiZnZr. The first-order chi connectivity index (χ1) is 0. The minimum absolute atomic E-state index is 0. The van der Waals surface area contributed by atoms with E-state index in [4.69, 9.17) is 0 Å². The Labute approximate surface area is 133 Å². The predicted octanol–water partition coefficient (Wildman–Crippen LogP) is -0.293. The van der Waals surface area contributed by atoms with Crippen LogP contribution in [0.5, 0.6) is 0 Å². The molecule has 36 valence electrons. The van der Waals surface area contributed by atoms with Gasteiger partial charge in [0.2, 0.25) is 0 Å². The van der Waals surface area contributed by atoms with Crippen LogP contribution in [-0.2, 0) is 106 Å². The van der Waals surface area contributed by atoms with E-state index >= 15 is 0 Å². The molecule has 0 heterocycles. The van der Waals surface area contributed by atoms with E-state index in [0.717, 1.165) is 0 Å². The molecule has 7 heavy (non-hydrogen) atoms. The molecule has 0 spiro atoms. The van der Waals surface area contributed by atoms with Gasteiger partial charge in [-0.05, 0) is 0 Å². The first kappa shape index (κ1) is 66.1. The summed E-state index contributed by atoms with van der Waals surface area (Å²) < 4.78 is 0. The summed E-state index contributed by atoms with van der Waals surface area (Å²) in [7, 11) is 0. The molecule has 0 saturated heterocycles. The van der Waals surface area contributed by atoms with Crippen molar-refractivity contribution in [3.8, 4) is 0 Å². The van der Waals surface area contributed by atoms with Crippen molar-refractivity contribution >= 4 is 23.1 Å². The van der Waals surface area contributed by atoms with Gasteiger partial charge in [-0.15, -0.1) is 0 Å². The minimum Gasteiger partial charge on any atom is -0.0776 e. The summed E-state index contributed by atoms with van der Waals surface area (Å²) in [6.45, 7) is 0. The van der Waals surface area contributed by atoms with Crippen LogP contribution < -0.4 is 0 Å². The molecule has 0 aliphatic rings. The van der Waals surface area contributed by atoms with Gasteiger partial charge in [0.1, 0.15) is 0 Å². The van der Waals surface area contributed by atoms with Gasteiger partial charge in [-0.3, -0.25) is 0 Å². The monoisotopic (exact) mass is 398 g/mol. The minimum atomic E-state index is 0. The van der Waals surface area contributed by atoms with Gasteiger partial charge >= 0.3 is 23.1 Å². The summed E-state index contributed by atoms with van der Waals surface area (Å²) in [6, 6.07) is 0. The van der Waals surface area contributed by atoms with Gasteiger partial charge in [0.15, 0.2) is 0 Å². The smallest absolute Gasteiger partial charge is 0.0776 e. The van der Waals surface area contributed by atoms with Gasteiger partial charge in [-0.25, -0.2) is 0 Å². The van der Waals surface area contributed by atoms with Crippen LogP contribution in [0.1, 0.15) is 7.43 Å². The summed E-state index contributed by atoms with van der Waals surface area (Å²) in [4.78, 5) is 0. The first-order valence-corrected chi connectivity index (χ1v) is 0. The van der Waals surface area contributed by atoms with Crippen molar-refractivity contribution < 1.29 is 106 Å². The van der Waals surface area contributed by atoms with Crippen molar-refractivity contribution in [1.29, 1.82) is 0 Å². The Bertz CT molecular complexity index is 19.7. The molecule has 0 rings (SSSR count). The second-order valence-electron chi connectivity index (χ2n) is 0. The van der Waals surface area contributed by atoms with E-state index in [0.29, 0.717) is 0 Å². The molecule has 0 bridgehead atoms. The van der Waals surface area contributed by atoms with Crippen LogP contribution in [0.15, 0.2) is 0 Å². The Balaban J connectivity index is 0. The van der Waals surface area contributed by atoms with Gasteiger partial charge in [-0.2, -0.15) is 0 Å². The van der Waals surface area contributed by atoms with Crippen LogP contribution in [0.4, 0.5) is 0 Å². The topological polar surface area (TPSA) is 0 Å². The second kappa shape index (κ2) is 49.0.